The van der Waals surface area contributed by atoms with Crippen LogP contribution in [0.4, 0.5) is 0 Å². The molecule has 4 rings (SSSR count). The molecule has 0 aromatic carbocycles. The lowest BCUT2D eigenvalue weighted by molar-refractivity contribution is -0.148. The molecule has 4 aliphatic rings. The molecule has 1 amide bonds. The van der Waals surface area contributed by atoms with Crippen LogP contribution in [0, 0.1) is 28.6 Å². The van der Waals surface area contributed by atoms with Gasteiger partial charge in [0.25, 0.3) is 5.91 Å². The van der Waals surface area contributed by atoms with E-state index in [1.807, 2.05) is 0 Å². The van der Waals surface area contributed by atoms with Crippen LogP contribution in [-0.4, -0.2) is 65.1 Å². The highest BCUT2D eigenvalue weighted by Gasteiger charge is 2.72. The van der Waals surface area contributed by atoms with Crippen molar-refractivity contribution in [2.75, 3.05) is 5.75 Å². The van der Waals surface area contributed by atoms with E-state index in [1.165, 1.54) is 44.9 Å². The van der Waals surface area contributed by atoms with E-state index in [0.717, 1.165) is 30.0 Å². The third-order valence-electron chi connectivity index (χ3n) is 10.6. The van der Waals surface area contributed by atoms with Crippen molar-refractivity contribution in [3.05, 3.63) is 0 Å². The number of hydrogen-bond donors (Lipinski definition) is 2. The summed E-state index contributed by atoms with van der Waals surface area (Å²) in [6.07, 6.45) is 12.1. The Hall–Kier alpha value is -1.14. The monoisotopic (exact) mass is 565 g/mol. The van der Waals surface area contributed by atoms with E-state index in [2.05, 4.69) is 32.6 Å². The molecule has 7 atom stereocenters. The fourth-order valence-electron chi connectivity index (χ4n) is 8.00. The van der Waals surface area contributed by atoms with Gasteiger partial charge >= 0.3 is 0 Å². The van der Waals surface area contributed by atoms with Crippen LogP contribution in [0.5, 0.6) is 0 Å². The second kappa shape index (κ2) is 12.8. The van der Waals surface area contributed by atoms with Crippen LogP contribution in [0.25, 0.3) is 0 Å². The van der Waals surface area contributed by atoms with E-state index in [0.29, 0.717) is 38.0 Å². The summed E-state index contributed by atoms with van der Waals surface area (Å²) < 4.78 is 33.3. The van der Waals surface area contributed by atoms with Crippen molar-refractivity contribution in [3.8, 4) is 11.8 Å². The first kappa shape index (κ1) is 30.8. The molecule has 2 saturated heterocycles. The number of rotatable bonds is 13. The van der Waals surface area contributed by atoms with Crippen LogP contribution < -0.4 is 0 Å². The minimum Gasteiger partial charge on any atom is -0.390 e. The fourth-order valence-corrected chi connectivity index (χ4v) is 10.6. The van der Waals surface area contributed by atoms with Gasteiger partial charge in [-0.2, -0.15) is 0 Å². The number of aliphatic hydroxyl groups excluding tert-OH is 2. The first-order valence-electron chi connectivity index (χ1n) is 15.6. The van der Waals surface area contributed by atoms with Crippen LogP contribution in [0.15, 0.2) is 0 Å². The second-order valence-electron chi connectivity index (χ2n) is 13.2. The van der Waals surface area contributed by atoms with Gasteiger partial charge in [0.2, 0.25) is 10.0 Å². The van der Waals surface area contributed by atoms with Crippen molar-refractivity contribution in [2.45, 2.75) is 154 Å². The Kier molecular flexibility index (Phi) is 10.1. The highest BCUT2D eigenvalue weighted by Crippen LogP contribution is 2.70. The normalized spacial score (nSPS) is 33.5. The van der Waals surface area contributed by atoms with Crippen LogP contribution in [0.1, 0.15) is 124 Å². The number of sulfonamides is 1. The van der Waals surface area contributed by atoms with E-state index >= 15 is 0 Å². The van der Waals surface area contributed by atoms with E-state index < -0.39 is 45.8 Å². The fraction of sp³-hybridized carbons (Fsp3) is 0.903. The summed E-state index contributed by atoms with van der Waals surface area (Å²) in [4.78, 5) is 13.4. The Morgan fingerprint density at radius 2 is 1.62 bits per heavy atom. The predicted octanol–water partition coefficient (Wildman–Crippen LogP) is 4.94. The minimum absolute atomic E-state index is 0.0143. The molecule has 0 aromatic rings. The average molecular weight is 566 g/mol. The highest BCUT2D eigenvalue weighted by atomic mass is 32.2. The summed E-state index contributed by atoms with van der Waals surface area (Å²) in [6, 6.07) is -0.370. The Morgan fingerprint density at radius 1 is 0.974 bits per heavy atom. The highest BCUT2D eigenvalue weighted by molar-refractivity contribution is 7.90. The van der Waals surface area contributed by atoms with Gasteiger partial charge in [-0.3, -0.25) is 4.79 Å². The van der Waals surface area contributed by atoms with Crippen molar-refractivity contribution in [3.63, 3.8) is 0 Å². The molecule has 4 fully saturated rings. The number of amides is 1. The summed E-state index contributed by atoms with van der Waals surface area (Å²) in [5.74, 6) is 5.99. The third kappa shape index (κ3) is 6.22. The van der Waals surface area contributed by atoms with Gasteiger partial charge in [-0.15, -0.1) is 11.8 Å². The molecule has 0 aromatic heterocycles. The number of carbonyl (C=O) groups excluding carboxylic acids is 1. The van der Waals surface area contributed by atoms with Gasteiger partial charge in [-0.25, -0.2) is 12.7 Å². The number of nitrogens with zero attached hydrogens (tertiary/aromatic N) is 1. The maximum Gasteiger partial charge on any atom is 0.267 e. The number of fused-ring (bicyclic) bond motifs is 1. The SMILES string of the molecule is CCCCCCCCCCC#CCC[C@H](O)[C@@H]1CC[C@H]([C@H](O)C(=O)N2[C@H]3C[C@@H]4CC[C@@]3(CS2(=O)=O)C4(C)C)O1. The molecule has 2 N–H and O–H groups in total. The lowest BCUT2D eigenvalue weighted by atomic mass is 9.69. The Balaban J connectivity index is 1.19. The van der Waals surface area contributed by atoms with Gasteiger partial charge in [0.05, 0.1) is 30.1 Å². The zero-order valence-corrected chi connectivity index (χ0v) is 25.2. The van der Waals surface area contributed by atoms with Crippen molar-refractivity contribution >= 4 is 15.9 Å². The van der Waals surface area contributed by atoms with Crippen LogP contribution in [0.2, 0.25) is 0 Å². The van der Waals surface area contributed by atoms with Crippen molar-refractivity contribution in [1.82, 2.24) is 4.31 Å². The molecule has 2 heterocycles. The molecule has 0 radical (unpaired) electrons. The van der Waals surface area contributed by atoms with E-state index in [1.54, 1.807) is 0 Å². The number of carbonyl (C=O) groups is 1. The lowest BCUT2D eigenvalue weighted by Gasteiger charge is -2.37. The first-order valence-corrected chi connectivity index (χ1v) is 17.2. The molecule has 1 spiro atoms. The zero-order valence-electron chi connectivity index (χ0n) is 24.4. The quantitative estimate of drug-likeness (QED) is 0.242. The molecule has 7 nitrogen and oxygen atoms in total. The topological polar surface area (TPSA) is 104 Å². The molecule has 2 bridgehead atoms. The number of unbranched alkanes of at least 4 members (excludes halogenated alkanes) is 8. The van der Waals surface area contributed by atoms with Gasteiger partial charge in [0, 0.05) is 18.3 Å². The summed E-state index contributed by atoms with van der Waals surface area (Å²) in [5.41, 5.74) is -0.559. The standard InChI is InChI=1S/C31H51NO6S/c1-4-5-6-7-8-9-10-11-12-13-14-15-16-24(33)25-17-18-26(38-25)28(34)29(35)32-27-21-23-19-20-31(27,30(23,2)3)22-39(32,36)37/h23-28,33-34H,4-12,15-22H2,1-3H3/t23-,24-,25-,26+,27-,28-,31-/m0/s1. The van der Waals surface area contributed by atoms with Gasteiger partial charge in [0.15, 0.2) is 6.10 Å². The van der Waals surface area contributed by atoms with Crippen molar-refractivity contribution < 1.29 is 28.2 Å². The third-order valence-corrected chi connectivity index (χ3v) is 12.5. The molecule has 222 valence electrons. The van der Waals surface area contributed by atoms with E-state index in [-0.39, 0.29) is 17.2 Å². The van der Waals surface area contributed by atoms with Gasteiger partial charge in [0.1, 0.15) is 0 Å². The van der Waals surface area contributed by atoms with Gasteiger partial charge in [-0.1, -0.05) is 65.7 Å². The van der Waals surface area contributed by atoms with Crippen molar-refractivity contribution in [2.24, 2.45) is 16.7 Å². The van der Waals surface area contributed by atoms with E-state index in [9.17, 15) is 23.4 Å². The Bertz CT molecular complexity index is 1020. The summed E-state index contributed by atoms with van der Waals surface area (Å²) in [7, 11) is -3.79. The molecule has 39 heavy (non-hydrogen) atoms. The second-order valence-corrected chi connectivity index (χ2v) is 15.0. The Labute approximate surface area is 236 Å². The minimum atomic E-state index is -3.79. The largest absolute Gasteiger partial charge is 0.390 e. The zero-order chi connectivity index (χ0) is 28.3. The molecule has 0 unspecified atom stereocenters. The summed E-state index contributed by atoms with van der Waals surface area (Å²) >= 11 is 0. The maximum atomic E-state index is 13.4. The van der Waals surface area contributed by atoms with E-state index in [4.69, 9.17) is 4.74 Å². The number of ether oxygens (including phenoxy) is 1. The molecule has 2 saturated carbocycles. The molecular formula is C31H51NO6S. The lowest BCUT2D eigenvalue weighted by Crippen LogP contribution is -2.50. The van der Waals surface area contributed by atoms with Gasteiger partial charge in [-0.05, 0) is 56.3 Å². The van der Waals surface area contributed by atoms with Crippen molar-refractivity contribution in [1.29, 1.82) is 0 Å². The predicted molar refractivity (Wildman–Crippen MR) is 152 cm³/mol. The van der Waals surface area contributed by atoms with Gasteiger partial charge < -0.3 is 14.9 Å². The van der Waals surface area contributed by atoms with Crippen LogP contribution in [0.3, 0.4) is 0 Å². The summed E-state index contributed by atoms with van der Waals surface area (Å²) in [5, 5.41) is 21.6. The molecular weight excluding hydrogens is 514 g/mol. The van der Waals surface area contributed by atoms with Crippen LogP contribution in [-0.2, 0) is 19.6 Å². The van der Waals surface area contributed by atoms with Crippen LogP contribution >= 0.6 is 0 Å². The average Bonchev–Trinajstić information content (AvgIpc) is 3.59. The smallest absolute Gasteiger partial charge is 0.267 e. The number of aliphatic hydroxyl groups is 2. The maximum absolute atomic E-state index is 13.4. The molecule has 2 aliphatic carbocycles. The summed E-state index contributed by atoms with van der Waals surface area (Å²) in [6.45, 7) is 6.51. The first-order chi connectivity index (χ1) is 18.5. The Morgan fingerprint density at radius 3 is 2.31 bits per heavy atom. The number of hydrogen-bond acceptors (Lipinski definition) is 6. The molecule has 8 heteroatoms. The molecule has 2 aliphatic heterocycles.